The molecule has 0 aromatic heterocycles. The predicted octanol–water partition coefficient (Wildman–Crippen LogP) is 5.88. The number of nitrogens with two attached hydrogens (primary N) is 1. The fourth-order valence-corrected chi connectivity index (χ4v) is 5.59. The quantitative estimate of drug-likeness (QED) is 0.192. The Labute approximate surface area is 256 Å². The van der Waals surface area contributed by atoms with Gasteiger partial charge in [0.1, 0.15) is 0 Å². The van der Waals surface area contributed by atoms with Crippen molar-refractivity contribution < 1.29 is 14.3 Å². The molecule has 1 fully saturated rings. The normalized spacial score (nSPS) is 14.8. The van der Waals surface area contributed by atoms with Crippen LogP contribution in [0.3, 0.4) is 0 Å². The van der Waals surface area contributed by atoms with E-state index in [2.05, 4.69) is 83.8 Å². The zero-order chi connectivity index (χ0) is 30.6. The first-order chi connectivity index (χ1) is 20.9. The summed E-state index contributed by atoms with van der Waals surface area (Å²) in [6, 6.07) is 24.9. The SMILES string of the molecule is COc1ccc(C(CC(N)=O)c2ccc(NC(=NC3CCCCC3)N(CCN(C)C)Cc3ccccc3)cc2)cc1OC. The molecular weight excluding hydrogens is 538 g/mol. The molecule has 4 rings (SSSR count). The molecule has 0 aliphatic heterocycles. The van der Waals surface area contributed by atoms with E-state index < -0.39 is 0 Å². The first kappa shape index (κ1) is 31.9. The van der Waals surface area contributed by atoms with Gasteiger partial charge < -0.3 is 30.3 Å². The first-order valence-corrected chi connectivity index (χ1v) is 15.2. The first-order valence-electron chi connectivity index (χ1n) is 15.2. The number of primary amides is 1. The number of hydrogen-bond donors (Lipinski definition) is 2. The summed E-state index contributed by atoms with van der Waals surface area (Å²) in [5, 5.41) is 3.68. The second kappa shape index (κ2) is 16.0. The summed E-state index contributed by atoms with van der Waals surface area (Å²) in [7, 11) is 7.42. The maximum absolute atomic E-state index is 12.1. The zero-order valence-corrected chi connectivity index (χ0v) is 26.1. The van der Waals surface area contributed by atoms with E-state index in [-0.39, 0.29) is 18.2 Å². The highest BCUT2D eigenvalue weighted by molar-refractivity contribution is 5.94. The predicted molar refractivity (Wildman–Crippen MR) is 175 cm³/mol. The van der Waals surface area contributed by atoms with Crippen LogP contribution in [-0.2, 0) is 11.3 Å². The summed E-state index contributed by atoms with van der Waals surface area (Å²) >= 11 is 0. The van der Waals surface area contributed by atoms with Gasteiger partial charge in [0.25, 0.3) is 0 Å². The summed E-state index contributed by atoms with van der Waals surface area (Å²) in [6.45, 7) is 2.53. The van der Waals surface area contributed by atoms with Crippen molar-refractivity contribution in [3.05, 3.63) is 89.5 Å². The van der Waals surface area contributed by atoms with Crippen LogP contribution >= 0.6 is 0 Å². The minimum atomic E-state index is -0.360. The maximum atomic E-state index is 12.1. The minimum Gasteiger partial charge on any atom is -0.493 e. The Hall–Kier alpha value is -4.04. The molecule has 8 heteroatoms. The Morgan fingerprint density at radius 1 is 0.907 bits per heavy atom. The van der Waals surface area contributed by atoms with E-state index in [0.29, 0.717) is 17.5 Å². The van der Waals surface area contributed by atoms with E-state index in [1.165, 1.54) is 24.8 Å². The lowest BCUT2D eigenvalue weighted by atomic mass is 9.88. The molecule has 1 atom stereocenters. The number of methoxy groups -OCH3 is 2. The van der Waals surface area contributed by atoms with Gasteiger partial charge in [-0.1, -0.05) is 67.8 Å². The van der Waals surface area contributed by atoms with Crippen molar-refractivity contribution in [2.75, 3.05) is 46.7 Å². The minimum absolute atomic E-state index is 0.187. The summed E-state index contributed by atoms with van der Waals surface area (Å²) in [4.78, 5) is 22.0. The Morgan fingerprint density at radius 3 is 2.21 bits per heavy atom. The number of benzene rings is 3. The van der Waals surface area contributed by atoms with Gasteiger partial charge in [-0.2, -0.15) is 0 Å². The smallest absolute Gasteiger partial charge is 0.218 e. The third-order valence-corrected chi connectivity index (χ3v) is 8.00. The lowest BCUT2D eigenvalue weighted by Gasteiger charge is -2.30. The number of hydrogen-bond acceptors (Lipinski definition) is 5. The average Bonchev–Trinajstić information content (AvgIpc) is 3.02. The van der Waals surface area contributed by atoms with E-state index in [9.17, 15) is 4.79 Å². The van der Waals surface area contributed by atoms with E-state index in [4.69, 9.17) is 20.2 Å². The van der Waals surface area contributed by atoms with Crippen LogP contribution in [-0.4, -0.2) is 69.1 Å². The fraction of sp³-hybridized carbons (Fsp3) is 0.429. The molecule has 0 bridgehead atoms. The fourth-order valence-electron chi connectivity index (χ4n) is 5.59. The lowest BCUT2D eigenvalue weighted by molar-refractivity contribution is -0.118. The number of ether oxygens (including phenoxy) is 2. The summed E-state index contributed by atoms with van der Waals surface area (Å²) in [5.74, 6) is 1.59. The highest BCUT2D eigenvalue weighted by Crippen LogP contribution is 2.35. The number of anilines is 1. The Kier molecular flexibility index (Phi) is 11.9. The number of nitrogens with one attached hydrogen (secondary N) is 1. The molecule has 0 spiro atoms. The molecule has 230 valence electrons. The third kappa shape index (κ3) is 9.48. The van der Waals surface area contributed by atoms with E-state index in [1.807, 2.05) is 18.2 Å². The lowest BCUT2D eigenvalue weighted by Crippen LogP contribution is -2.41. The van der Waals surface area contributed by atoms with Gasteiger partial charge in [0, 0.05) is 37.7 Å². The van der Waals surface area contributed by atoms with Gasteiger partial charge in [0.2, 0.25) is 5.91 Å². The van der Waals surface area contributed by atoms with Gasteiger partial charge in [-0.05, 0) is 67.9 Å². The Morgan fingerprint density at radius 2 is 1.58 bits per heavy atom. The van der Waals surface area contributed by atoms with Crippen molar-refractivity contribution in [1.29, 1.82) is 0 Å². The van der Waals surface area contributed by atoms with Crippen molar-refractivity contribution in [2.24, 2.45) is 10.7 Å². The van der Waals surface area contributed by atoms with Gasteiger partial charge in [-0.25, -0.2) is 4.99 Å². The molecule has 3 aromatic rings. The zero-order valence-electron chi connectivity index (χ0n) is 26.1. The highest BCUT2D eigenvalue weighted by Gasteiger charge is 2.21. The van der Waals surface area contributed by atoms with Crippen LogP contribution in [0, 0.1) is 0 Å². The van der Waals surface area contributed by atoms with Gasteiger partial charge in [0.15, 0.2) is 17.5 Å². The van der Waals surface area contributed by atoms with Gasteiger partial charge in [-0.15, -0.1) is 0 Å². The summed E-state index contributed by atoms with van der Waals surface area (Å²) in [5.41, 5.74) is 9.83. The second-order valence-corrected chi connectivity index (χ2v) is 11.5. The maximum Gasteiger partial charge on any atom is 0.218 e. The third-order valence-electron chi connectivity index (χ3n) is 8.00. The molecule has 0 heterocycles. The number of nitrogens with zero attached hydrogens (tertiary/aromatic N) is 3. The van der Waals surface area contributed by atoms with Crippen LogP contribution in [0.5, 0.6) is 11.5 Å². The molecule has 0 radical (unpaired) electrons. The monoisotopic (exact) mass is 585 g/mol. The highest BCUT2D eigenvalue weighted by atomic mass is 16.5. The van der Waals surface area contributed by atoms with Crippen LogP contribution in [0.1, 0.15) is 61.1 Å². The standard InChI is InChI=1S/C35H47N5O3/c1-39(2)21-22-40(25-26-11-7-5-8-12-26)35(37-29-13-9-6-10-14-29)38-30-18-15-27(16-19-30)31(24-34(36)41)28-17-20-32(42-3)33(23-28)43-4/h5,7-8,11-12,15-20,23,29,31H,6,9-10,13-14,21-22,24-25H2,1-4H3,(H2,36,41)(H,37,38). The Balaban J connectivity index is 1.63. The van der Waals surface area contributed by atoms with Crippen LogP contribution in [0.15, 0.2) is 77.8 Å². The number of guanidine groups is 1. The summed E-state index contributed by atoms with van der Waals surface area (Å²) in [6.07, 6.45) is 6.17. The molecule has 1 aliphatic carbocycles. The van der Waals surface area contributed by atoms with Crippen molar-refractivity contribution in [2.45, 2.75) is 57.0 Å². The van der Waals surface area contributed by atoms with Crippen molar-refractivity contribution in [3.63, 3.8) is 0 Å². The van der Waals surface area contributed by atoms with Crippen LogP contribution < -0.4 is 20.5 Å². The number of likely N-dealkylation sites (N-methyl/N-ethyl adjacent to an activating group) is 1. The van der Waals surface area contributed by atoms with Crippen molar-refractivity contribution in [3.8, 4) is 11.5 Å². The Bertz CT molecular complexity index is 1320. The molecule has 3 N–H and O–H groups in total. The van der Waals surface area contributed by atoms with Crippen LogP contribution in [0.4, 0.5) is 5.69 Å². The van der Waals surface area contributed by atoms with E-state index in [0.717, 1.165) is 55.2 Å². The average molecular weight is 586 g/mol. The number of carbonyl (C=O) groups excluding carboxylic acids is 1. The molecular formula is C35H47N5O3. The largest absolute Gasteiger partial charge is 0.493 e. The molecule has 1 unspecified atom stereocenters. The van der Waals surface area contributed by atoms with Crippen molar-refractivity contribution >= 4 is 17.6 Å². The van der Waals surface area contributed by atoms with Crippen LogP contribution in [0.25, 0.3) is 0 Å². The number of rotatable bonds is 13. The summed E-state index contributed by atoms with van der Waals surface area (Å²) < 4.78 is 10.9. The molecule has 3 aromatic carbocycles. The van der Waals surface area contributed by atoms with Crippen LogP contribution in [0.2, 0.25) is 0 Å². The molecule has 43 heavy (non-hydrogen) atoms. The van der Waals surface area contributed by atoms with E-state index in [1.54, 1.807) is 14.2 Å². The number of carbonyl (C=O) groups is 1. The number of amides is 1. The molecule has 8 nitrogen and oxygen atoms in total. The molecule has 0 saturated heterocycles. The molecule has 1 saturated carbocycles. The van der Waals surface area contributed by atoms with Gasteiger partial charge >= 0.3 is 0 Å². The molecule has 1 amide bonds. The molecule has 1 aliphatic rings. The number of aliphatic imine (C=N–C) groups is 1. The topological polar surface area (TPSA) is 92.4 Å². The second-order valence-electron chi connectivity index (χ2n) is 11.5. The van der Waals surface area contributed by atoms with E-state index >= 15 is 0 Å². The van der Waals surface area contributed by atoms with Gasteiger partial charge in [-0.3, -0.25) is 4.79 Å². The van der Waals surface area contributed by atoms with Gasteiger partial charge in [0.05, 0.1) is 20.3 Å². The van der Waals surface area contributed by atoms with Crippen molar-refractivity contribution in [1.82, 2.24) is 9.80 Å².